The van der Waals surface area contributed by atoms with Crippen molar-refractivity contribution in [2.75, 3.05) is 47.8 Å². The summed E-state index contributed by atoms with van der Waals surface area (Å²) in [6.07, 6.45) is 7.51. The van der Waals surface area contributed by atoms with Crippen molar-refractivity contribution < 1.29 is 8.42 Å². The molecular formula is C24H36N6O2S. The van der Waals surface area contributed by atoms with Crippen molar-refractivity contribution in [2.24, 2.45) is 5.92 Å². The van der Waals surface area contributed by atoms with Gasteiger partial charge >= 0.3 is 0 Å². The van der Waals surface area contributed by atoms with E-state index in [0.29, 0.717) is 5.92 Å². The Morgan fingerprint density at radius 1 is 0.939 bits per heavy atom. The zero-order valence-corrected chi connectivity index (χ0v) is 20.5. The summed E-state index contributed by atoms with van der Waals surface area (Å²) in [6, 6.07) is 10.6. The van der Waals surface area contributed by atoms with Crippen molar-refractivity contribution in [3.8, 4) is 0 Å². The van der Waals surface area contributed by atoms with E-state index < -0.39 is 10.0 Å². The smallest absolute Gasteiger partial charge is 0.225 e. The van der Waals surface area contributed by atoms with E-state index in [2.05, 4.69) is 54.1 Å². The lowest BCUT2D eigenvalue weighted by Crippen LogP contribution is -2.47. The van der Waals surface area contributed by atoms with Crippen molar-refractivity contribution in [3.05, 3.63) is 42.7 Å². The first-order valence-electron chi connectivity index (χ1n) is 12.0. The Labute approximate surface area is 197 Å². The molecule has 1 saturated carbocycles. The van der Waals surface area contributed by atoms with E-state index >= 15 is 0 Å². The number of hydrogen-bond donors (Lipinski definition) is 2. The average Bonchev–Trinajstić information content (AvgIpc) is 2.84. The molecule has 0 spiro atoms. The van der Waals surface area contributed by atoms with Crippen molar-refractivity contribution in [2.45, 2.75) is 50.8 Å². The second-order valence-electron chi connectivity index (χ2n) is 9.38. The number of rotatable bonds is 8. The number of hydrogen-bond acceptors (Lipinski definition) is 7. The maximum atomic E-state index is 12.1. The largest absolute Gasteiger partial charge is 0.385 e. The number of sulfonamides is 1. The van der Waals surface area contributed by atoms with Crippen LogP contribution in [0.1, 0.15) is 39.5 Å². The summed E-state index contributed by atoms with van der Waals surface area (Å²) in [5, 5.41) is 3.20. The van der Waals surface area contributed by atoms with Crippen LogP contribution in [0.25, 0.3) is 0 Å². The van der Waals surface area contributed by atoms with Gasteiger partial charge in [0.25, 0.3) is 0 Å². The third-order valence-corrected chi connectivity index (χ3v) is 8.64. The van der Waals surface area contributed by atoms with Crippen molar-refractivity contribution >= 4 is 27.3 Å². The van der Waals surface area contributed by atoms with Crippen molar-refractivity contribution in [3.63, 3.8) is 0 Å². The topological polar surface area (TPSA) is 90.5 Å². The highest BCUT2D eigenvalue weighted by Gasteiger charge is 2.26. The van der Waals surface area contributed by atoms with Crippen LogP contribution in [0.3, 0.4) is 0 Å². The van der Waals surface area contributed by atoms with Crippen LogP contribution < -0.4 is 19.8 Å². The third kappa shape index (κ3) is 6.35. The highest BCUT2D eigenvalue weighted by molar-refractivity contribution is 7.90. The first-order valence-corrected chi connectivity index (χ1v) is 13.6. The fourth-order valence-electron chi connectivity index (χ4n) is 4.52. The molecule has 2 aromatic rings. The molecule has 0 bridgehead atoms. The van der Waals surface area contributed by atoms with Crippen LogP contribution in [0.2, 0.25) is 0 Å². The molecule has 9 heteroatoms. The first kappa shape index (κ1) is 23.8. The van der Waals surface area contributed by atoms with Crippen LogP contribution in [0.4, 0.5) is 17.3 Å². The second-order valence-corrected chi connectivity index (χ2v) is 11.6. The van der Waals surface area contributed by atoms with Crippen LogP contribution in [0.15, 0.2) is 42.7 Å². The summed E-state index contributed by atoms with van der Waals surface area (Å²) in [5.74, 6) is 1.39. The second kappa shape index (κ2) is 10.7. The van der Waals surface area contributed by atoms with E-state index in [1.54, 1.807) is 26.2 Å². The van der Waals surface area contributed by atoms with Gasteiger partial charge in [0.15, 0.2) is 0 Å². The Hall–Kier alpha value is -2.39. The maximum Gasteiger partial charge on any atom is 0.225 e. The van der Waals surface area contributed by atoms with E-state index in [9.17, 15) is 8.42 Å². The molecule has 1 aliphatic heterocycles. The summed E-state index contributed by atoms with van der Waals surface area (Å²) >= 11 is 0. The van der Waals surface area contributed by atoms with E-state index in [1.807, 2.05) is 6.07 Å². The number of aromatic nitrogens is 2. The Kier molecular flexibility index (Phi) is 7.70. The fourth-order valence-corrected chi connectivity index (χ4v) is 5.50. The van der Waals surface area contributed by atoms with Gasteiger partial charge in [-0.2, -0.15) is 0 Å². The predicted octanol–water partition coefficient (Wildman–Crippen LogP) is 3.10. The van der Waals surface area contributed by atoms with Gasteiger partial charge < -0.3 is 15.1 Å². The zero-order chi connectivity index (χ0) is 23.3. The lowest BCUT2D eigenvalue weighted by Gasteiger charge is -2.36. The SMILES string of the molecule is CC(C)S(=O)(=O)N[C@H]1CC[C@H](CNc2ccc(N3CCN(c4ncccn4)CC3)cc2)CC1. The summed E-state index contributed by atoms with van der Waals surface area (Å²) in [7, 11) is -3.18. The molecule has 1 aromatic carbocycles. The Morgan fingerprint density at radius 2 is 1.55 bits per heavy atom. The van der Waals surface area contributed by atoms with Crippen LogP contribution in [0, 0.1) is 5.92 Å². The van der Waals surface area contributed by atoms with Gasteiger partial charge in [-0.3, -0.25) is 0 Å². The molecule has 1 saturated heterocycles. The molecule has 4 rings (SSSR count). The summed E-state index contributed by atoms with van der Waals surface area (Å²) in [5.41, 5.74) is 2.38. The Morgan fingerprint density at radius 3 is 2.15 bits per heavy atom. The average molecular weight is 473 g/mol. The molecule has 2 N–H and O–H groups in total. The maximum absolute atomic E-state index is 12.1. The van der Waals surface area contributed by atoms with Gasteiger partial charge in [0, 0.05) is 62.5 Å². The van der Waals surface area contributed by atoms with Crippen LogP contribution in [-0.2, 0) is 10.0 Å². The molecule has 0 atom stereocenters. The lowest BCUT2D eigenvalue weighted by atomic mass is 9.86. The van der Waals surface area contributed by atoms with E-state index in [4.69, 9.17) is 0 Å². The van der Waals surface area contributed by atoms with Gasteiger partial charge in [-0.1, -0.05) is 0 Å². The summed E-state index contributed by atoms with van der Waals surface area (Å²) in [4.78, 5) is 13.3. The van der Waals surface area contributed by atoms with Crippen molar-refractivity contribution in [1.29, 1.82) is 0 Å². The standard InChI is InChI=1S/C24H36N6O2S/c1-19(2)33(31,32)28-22-6-4-20(5-7-22)18-27-21-8-10-23(11-9-21)29-14-16-30(17-15-29)24-25-12-3-13-26-24/h3,8-13,19-20,22,27-28H,4-7,14-18H2,1-2H3/t20-,22-. The number of piperazine rings is 1. The molecule has 2 aliphatic rings. The molecule has 0 radical (unpaired) electrons. The summed E-state index contributed by atoms with van der Waals surface area (Å²) < 4.78 is 27.0. The molecule has 33 heavy (non-hydrogen) atoms. The number of nitrogens with zero attached hydrogens (tertiary/aromatic N) is 4. The molecule has 180 valence electrons. The molecule has 2 heterocycles. The number of benzene rings is 1. The molecular weight excluding hydrogens is 436 g/mol. The third-order valence-electron chi connectivity index (χ3n) is 6.74. The van der Waals surface area contributed by atoms with Crippen LogP contribution >= 0.6 is 0 Å². The first-order chi connectivity index (χ1) is 15.9. The van der Waals surface area contributed by atoms with Crippen molar-refractivity contribution in [1.82, 2.24) is 14.7 Å². The molecule has 8 nitrogen and oxygen atoms in total. The fraction of sp³-hybridized carbons (Fsp3) is 0.583. The summed E-state index contributed by atoms with van der Waals surface area (Å²) in [6.45, 7) is 8.12. The van der Waals surface area contributed by atoms with Gasteiger partial charge in [-0.05, 0) is 75.8 Å². The normalized spacial score (nSPS) is 21.9. The minimum atomic E-state index is -3.18. The highest BCUT2D eigenvalue weighted by Crippen LogP contribution is 2.26. The number of nitrogens with one attached hydrogen (secondary N) is 2. The van der Waals surface area contributed by atoms with Gasteiger partial charge in [0.2, 0.25) is 16.0 Å². The van der Waals surface area contributed by atoms with Gasteiger partial charge in [0.1, 0.15) is 0 Å². The van der Waals surface area contributed by atoms with E-state index in [1.165, 1.54) is 5.69 Å². The van der Waals surface area contributed by atoms with E-state index in [-0.39, 0.29) is 11.3 Å². The Bertz CT molecular complexity index is 968. The quantitative estimate of drug-likeness (QED) is 0.610. The molecule has 1 aromatic heterocycles. The minimum absolute atomic E-state index is 0.0850. The Balaban J connectivity index is 1.19. The van der Waals surface area contributed by atoms with Gasteiger partial charge in [0.05, 0.1) is 5.25 Å². The van der Waals surface area contributed by atoms with Crippen LogP contribution in [0.5, 0.6) is 0 Å². The number of anilines is 3. The minimum Gasteiger partial charge on any atom is -0.385 e. The predicted molar refractivity (Wildman–Crippen MR) is 134 cm³/mol. The molecule has 0 unspecified atom stereocenters. The zero-order valence-electron chi connectivity index (χ0n) is 19.7. The van der Waals surface area contributed by atoms with Gasteiger partial charge in [-0.15, -0.1) is 0 Å². The highest BCUT2D eigenvalue weighted by atomic mass is 32.2. The van der Waals surface area contributed by atoms with E-state index in [0.717, 1.165) is 70.0 Å². The molecule has 2 fully saturated rings. The van der Waals surface area contributed by atoms with Gasteiger partial charge in [-0.25, -0.2) is 23.1 Å². The molecule has 0 amide bonds. The molecule has 1 aliphatic carbocycles. The monoisotopic (exact) mass is 472 g/mol. The van der Waals surface area contributed by atoms with Crippen LogP contribution in [-0.4, -0.2) is 62.4 Å². The lowest BCUT2D eigenvalue weighted by molar-refractivity contribution is 0.323.